The van der Waals surface area contributed by atoms with E-state index in [1.807, 2.05) is 23.0 Å². The Morgan fingerprint density at radius 2 is 2.12 bits per heavy atom. The molecule has 0 bridgehead atoms. The predicted molar refractivity (Wildman–Crippen MR) is 67.3 cm³/mol. The van der Waals surface area contributed by atoms with Gasteiger partial charge >= 0.3 is 0 Å². The summed E-state index contributed by atoms with van der Waals surface area (Å²) in [5.41, 5.74) is 2.36. The number of nitrogens with zero attached hydrogens (tertiary/aromatic N) is 2. The molecule has 1 aromatic carbocycles. The molecule has 0 saturated carbocycles. The average Bonchev–Trinajstić information content (AvgIpc) is 2.65. The first-order chi connectivity index (χ1) is 7.84. The maximum atomic E-state index is 4.41. The number of rotatable bonds is 2. The van der Waals surface area contributed by atoms with Gasteiger partial charge in [0.2, 0.25) is 0 Å². The molecule has 1 aliphatic rings. The first kappa shape index (κ1) is 10.1. The third-order valence-electron chi connectivity index (χ3n) is 2.92. The minimum absolute atomic E-state index is 0.524. The molecule has 1 aliphatic heterocycles. The van der Waals surface area contributed by atoms with Gasteiger partial charge in [0, 0.05) is 29.3 Å². The largest absolute Gasteiger partial charge is 0.312 e. The summed E-state index contributed by atoms with van der Waals surface area (Å²) < 4.78 is 3.16. The molecule has 3 rings (SSSR count). The fraction of sp³-hybridized carbons (Fsp3) is 0.250. The third-order valence-corrected chi connectivity index (χ3v) is 3.61. The molecule has 0 atom stereocenters. The standard InChI is InChI=1S/C12H12BrN3/c13-12-4-2-1-3-11(12)9-5-15-16(8-9)10-6-14-7-10/h1-5,8,10,14H,6-7H2. The first-order valence-electron chi connectivity index (χ1n) is 5.34. The Balaban J connectivity index is 1.95. The van der Waals surface area contributed by atoms with E-state index < -0.39 is 0 Å². The molecule has 3 nitrogen and oxygen atoms in total. The molecular formula is C12H12BrN3. The topological polar surface area (TPSA) is 29.9 Å². The van der Waals surface area contributed by atoms with Crippen molar-refractivity contribution in [3.05, 3.63) is 41.1 Å². The molecule has 2 aromatic rings. The number of hydrogen-bond donors (Lipinski definition) is 1. The van der Waals surface area contributed by atoms with E-state index in [0.717, 1.165) is 17.6 Å². The molecule has 1 saturated heterocycles. The van der Waals surface area contributed by atoms with Gasteiger partial charge in [-0.25, -0.2) is 0 Å². The van der Waals surface area contributed by atoms with Crippen molar-refractivity contribution in [2.24, 2.45) is 0 Å². The highest BCUT2D eigenvalue weighted by Crippen LogP contribution is 2.28. The maximum Gasteiger partial charge on any atom is 0.0767 e. The van der Waals surface area contributed by atoms with Gasteiger partial charge in [0.15, 0.2) is 0 Å². The van der Waals surface area contributed by atoms with E-state index in [0.29, 0.717) is 6.04 Å². The number of halogens is 1. The van der Waals surface area contributed by atoms with Gasteiger partial charge in [-0.1, -0.05) is 34.1 Å². The molecule has 82 valence electrons. The van der Waals surface area contributed by atoms with Crippen molar-refractivity contribution in [3.8, 4) is 11.1 Å². The Kier molecular flexibility index (Phi) is 2.53. The van der Waals surface area contributed by atoms with Crippen molar-refractivity contribution in [2.45, 2.75) is 6.04 Å². The second kappa shape index (κ2) is 4.03. The molecule has 4 heteroatoms. The smallest absolute Gasteiger partial charge is 0.0767 e. The summed E-state index contributed by atoms with van der Waals surface area (Å²) in [7, 11) is 0. The zero-order valence-electron chi connectivity index (χ0n) is 8.73. The van der Waals surface area contributed by atoms with Gasteiger partial charge in [-0.05, 0) is 11.6 Å². The molecule has 1 fully saturated rings. The zero-order chi connectivity index (χ0) is 11.0. The first-order valence-corrected chi connectivity index (χ1v) is 6.13. The third kappa shape index (κ3) is 1.68. The van der Waals surface area contributed by atoms with E-state index in [9.17, 15) is 0 Å². The highest BCUT2D eigenvalue weighted by Gasteiger charge is 2.19. The Bertz CT molecular complexity index is 502. The molecule has 16 heavy (non-hydrogen) atoms. The predicted octanol–water partition coefficient (Wildman–Crippen LogP) is 2.46. The monoisotopic (exact) mass is 277 g/mol. The molecule has 1 N–H and O–H groups in total. The summed E-state index contributed by atoms with van der Waals surface area (Å²) in [5.74, 6) is 0. The van der Waals surface area contributed by atoms with Crippen molar-refractivity contribution in [2.75, 3.05) is 13.1 Å². The quantitative estimate of drug-likeness (QED) is 0.914. The maximum absolute atomic E-state index is 4.41. The fourth-order valence-corrected chi connectivity index (χ4v) is 2.35. The Morgan fingerprint density at radius 1 is 1.31 bits per heavy atom. The Hall–Kier alpha value is -1.13. The summed E-state index contributed by atoms with van der Waals surface area (Å²) in [6.45, 7) is 2.05. The lowest BCUT2D eigenvalue weighted by Crippen LogP contribution is -2.43. The molecule has 0 unspecified atom stereocenters. The lowest BCUT2D eigenvalue weighted by atomic mass is 10.1. The van der Waals surface area contributed by atoms with Gasteiger partial charge in [0.05, 0.1) is 12.2 Å². The molecule has 0 radical (unpaired) electrons. The van der Waals surface area contributed by atoms with Crippen LogP contribution in [0.5, 0.6) is 0 Å². The number of nitrogens with one attached hydrogen (secondary N) is 1. The van der Waals surface area contributed by atoms with Crippen molar-refractivity contribution < 1.29 is 0 Å². The van der Waals surface area contributed by atoms with Gasteiger partial charge in [-0.15, -0.1) is 0 Å². The molecule has 2 heterocycles. The van der Waals surface area contributed by atoms with Crippen LogP contribution in [0.3, 0.4) is 0 Å². The van der Waals surface area contributed by atoms with Gasteiger partial charge in [-0.2, -0.15) is 5.10 Å². The number of hydrogen-bond acceptors (Lipinski definition) is 2. The van der Waals surface area contributed by atoms with Gasteiger partial charge in [0.1, 0.15) is 0 Å². The van der Waals surface area contributed by atoms with Crippen LogP contribution < -0.4 is 5.32 Å². The number of benzene rings is 1. The van der Waals surface area contributed by atoms with E-state index in [2.05, 4.69) is 44.7 Å². The van der Waals surface area contributed by atoms with Crippen LogP contribution in [0, 0.1) is 0 Å². The van der Waals surface area contributed by atoms with Crippen LogP contribution in [0.4, 0.5) is 0 Å². The van der Waals surface area contributed by atoms with E-state index in [4.69, 9.17) is 0 Å². The van der Waals surface area contributed by atoms with Crippen LogP contribution in [0.2, 0.25) is 0 Å². The summed E-state index contributed by atoms with van der Waals surface area (Å²) in [6.07, 6.45) is 4.05. The van der Waals surface area contributed by atoms with Gasteiger partial charge in [0.25, 0.3) is 0 Å². The van der Waals surface area contributed by atoms with Gasteiger partial charge < -0.3 is 5.32 Å². The van der Waals surface area contributed by atoms with E-state index in [1.165, 1.54) is 11.1 Å². The average molecular weight is 278 g/mol. The van der Waals surface area contributed by atoms with Crippen molar-refractivity contribution in [1.29, 1.82) is 0 Å². The van der Waals surface area contributed by atoms with Gasteiger partial charge in [-0.3, -0.25) is 4.68 Å². The van der Waals surface area contributed by atoms with Crippen molar-refractivity contribution in [1.82, 2.24) is 15.1 Å². The summed E-state index contributed by atoms with van der Waals surface area (Å²) in [5, 5.41) is 7.66. The normalized spacial score (nSPS) is 16.1. The molecule has 0 spiro atoms. The van der Waals surface area contributed by atoms with Crippen molar-refractivity contribution in [3.63, 3.8) is 0 Å². The second-order valence-electron chi connectivity index (χ2n) is 4.00. The molecule has 1 aromatic heterocycles. The highest BCUT2D eigenvalue weighted by molar-refractivity contribution is 9.10. The summed E-state index contributed by atoms with van der Waals surface area (Å²) in [6, 6.07) is 8.74. The van der Waals surface area contributed by atoms with Crippen LogP contribution in [0.15, 0.2) is 41.1 Å². The Morgan fingerprint density at radius 3 is 2.81 bits per heavy atom. The molecule has 0 aliphatic carbocycles. The number of aromatic nitrogens is 2. The SMILES string of the molecule is Brc1ccccc1-c1cnn(C2CNC2)c1. The lowest BCUT2D eigenvalue weighted by Gasteiger charge is -2.27. The minimum atomic E-state index is 0.524. The van der Waals surface area contributed by atoms with E-state index in [1.54, 1.807) is 0 Å². The summed E-state index contributed by atoms with van der Waals surface area (Å²) in [4.78, 5) is 0. The Labute approximate surface area is 103 Å². The zero-order valence-corrected chi connectivity index (χ0v) is 10.3. The molecular weight excluding hydrogens is 266 g/mol. The summed E-state index contributed by atoms with van der Waals surface area (Å²) >= 11 is 3.56. The van der Waals surface area contributed by atoms with Crippen LogP contribution >= 0.6 is 15.9 Å². The van der Waals surface area contributed by atoms with E-state index in [-0.39, 0.29) is 0 Å². The fourth-order valence-electron chi connectivity index (χ4n) is 1.83. The minimum Gasteiger partial charge on any atom is -0.312 e. The highest BCUT2D eigenvalue weighted by atomic mass is 79.9. The molecule has 0 amide bonds. The van der Waals surface area contributed by atoms with Crippen molar-refractivity contribution >= 4 is 15.9 Å². The van der Waals surface area contributed by atoms with Crippen LogP contribution in [0.1, 0.15) is 6.04 Å². The van der Waals surface area contributed by atoms with E-state index >= 15 is 0 Å². The van der Waals surface area contributed by atoms with Crippen LogP contribution in [-0.4, -0.2) is 22.9 Å². The second-order valence-corrected chi connectivity index (χ2v) is 4.86. The van der Waals surface area contributed by atoms with Crippen LogP contribution in [-0.2, 0) is 0 Å². The lowest BCUT2D eigenvalue weighted by molar-refractivity contribution is 0.318. The van der Waals surface area contributed by atoms with Crippen LogP contribution in [0.25, 0.3) is 11.1 Å².